The minimum absolute atomic E-state index is 0.0194. The average molecular weight is 377 g/mol. The van der Waals surface area contributed by atoms with Gasteiger partial charge in [0.05, 0.1) is 4.90 Å². The Bertz CT molecular complexity index is 717. The van der Waals surface area contributed by atoms with Crippen LogP contribution in [0, 0.1) is 5.92 Å². The van der Waals surface area contributed by atoms with E-state index in [1.807, 2.05) is 0 Å². The van der Waals surface area contributed by atoms with Gasteiger partial charge in [0.2, 0.25) is 10.0 Å². The fourth-order valence-corrected chi connectivity index (χ4v) is 6.80. The van der Waals surface area contributed by atoms with Crippen molar-refractivity contribution in [2.75, 3.05) is 20.8 Å². The van der Waals surface area contributed by atoms with E-state index in [9.17, 15) is 18.1 Å². The molecule has 0 amide bonds. The van der Waals surface area contributed by atoms with E-state index >= 15 is 0 Å². The van der Waals surface area contributed by atoms with E-state index < -0.39 is 34.9 Å². The lowest BCUT2D eigenvalue weighted by atomic mass is 9.93. The predicted molar refractivity (Wildman–Crippen MR) is 90.2 cm³/mol. The zero-order chi connectivity index (χ0) is 18.2. The van der Waals surface area contributed by atoms with Crippen LogP contribution in [-0.2, 0) is 23.6 Å². The zero-order valence-electron chi connectivity index (χ0n) is 14.2. The van der Waals surface area contributed by atoms with Crippen LogP contribution in [0.25, 0.3) is 0 Å². The average Bonchev–Trinajstić information content (AvgIpc) is 2.57. The van der Waals surface area contributed by atoms with Crippen LogP contribution < -0.4 is 0 Å². The number of sulfonamides is 1. The molecular weight excluding hydrogens is 353 g/mol. The van der Waals surface area contributed by atoms with Gasteiger partial charge in [-0.05, 0) is 19.1 Å². The Kier molecular flexibility index (Phi) is 5.59. The first kappa shape index (κ1) is 19.6. The van der Waals surface area contributed by atoms with E-state index in [1.165, 1.54) is 30.7 Å². The summed E-state index contributed by atoms with van der Waals surface area (Å²) in [5, 5.41) is 9.21. The Morgan fingerprint density at radius 2 is 1.75 bits per heavy atom. The summed E-state index contributed by atoms with van der Waals surface area (Å²) in [6.45, 7) is 3.34. The van der Waals surface area contributed by atoms with Crippen molar-refractivity contribution < 1.29 is 27.1 Å². The molecule has 0 spiro atoms. The second-order valence-corrected chi connectivity index (χ2v) is 10.5. The molecule has 1 aromatic carbocycles. The summed E-state index contributed by atoms with van der Waals surface area (Å²) in [5.74, 6) is -0.627. The molecule has 3 atom stereocenters. The lowest BCUT2D eigenvalue weighted by Crippen LogP contribution is -2.56. The van der Waals surface area contributed by atoms with Gasteiger partial charge in [-0.3, -0.25) is 4.57 Å². The maximum Gasteiger partial charge on any atom is 0.361 e. The normalized spacial score (nSPS) is 29.5. The second-order valence-electron chi connectivity index (χ2n) is 6.08. The molecule has 0 bridgehead atoms. The lowest BCUT2D eigenvalue weighted by Gasteiger charge is -2.47. The second kappa shape index (κ2) is 6.86. The third kappa shape index (κ3) is 3.07. The standard InChI is InChI=1S/C15H24NO6PS/c1-12-11-16(24(19,20)14-8-6-5-7-9-14)13(2)10-15(12,17)23(18,21-3)22-4/h5-9,12-13,17H,10-11H2,1-4H3/t12-,13+,15-/m0/s1. The molecule has 0 radical (unpaired) electrons. The predicted octanol–water partition coefficient (Wildman–Crippen LogP) is 2.28. The highest BCUT2D eigenvalue weighted by molar-refractivity contribution is 7.89. The highest BCUT2D eigenvalue weighted by Crippen LogP contribution is 2.64. The van der Waals surface area contributed by atoms with Crippen molar-refractivity contribution in [3.05, 3.63) is 30.3 Å². The lowest BCUT2D eigenvalue weighted by molar-refractivity contribution is -0.0225. The zero-order valence-corrected chi connectivity index (χ0v) is 16.0. The van der Waals surface area contributed by atoms with Crippen molar-refractivity contribution in [1.29, 1.82) is 0 Å². The molecule has 0 aromatic heterocycles. The van der Waals surface area contributed by atoms with Crippen LogP contribution in [0.3, 0.4) is 0 Å². The third-order valence-electron chi connectivity index (χ3n) is 4.64. The smallest absolute Gasteiger partial charge is 0.361 e. The third-order valence-corrected chi connectivity index (χ3v) is 9.16. The maximum atomic E-state index is 12.9. The van der Waals surface area contributed by atoms with Crippen molar-refractivity contribution in [3.8, 4) is 0 Å². The fraction of sp³-hybridized carbons (Fsp3) is 0.600. The summed E-state index contributed by atoms with van der Waals surface area (Å²) in [4.78, 5) is 0.191. The van der Waals surface area contributed by atoms with Crippen molar-refractivity contribution in [3.63, 3.8) is 0 Å². The highest BCUT2D eigenvalue weighted by atomic mass is 32.2. The van der Waals surface area contributed by atoms with E-state index in [-0.39, 0.29) is 17.9 Å². The van der Waals surface area contributed by atoms with Crippen LogP contribution >= 0.6 is 7.60 Å². The van der Waals surface area contributed by atoms with Crippen LogP contribution in [0.15, 0.2) is 35.2 Å². The summed E-state index contributed by atoms with van der Waals surface area (Å²) >= 11 is 0. The molecular formula is C15H24NO6PS. The maximum absolute atomic E-state index is 12.9. The molecule has 9 heteroatoms. The number of hydrogen-bond acceptors (Lipinski definition) is 6. The van der Waals surface area contributed by atoms with Crippen LogP contribution in [0.1, 0.15) is 20.3 Å². The number of piperidine rings is 1. The largest absolute Gasteiger partial charge is 0.377 e. The molecule has 7 nitrogen and oxygen atoms in total. The van der Waals surface area contributed by atoms with Gasteiger partial charge in [-0.1, -0.05) is 25.1 Å². The minimum Gasteiger partial charge on any atom is -0.377 e. The summed E-state index contributed by atoms with van der Waals surface area (Å²) < 4.78 is 49.7. The summed E-state index contributed by atoms with van der Waals surface area (Å²) in [6, 6.07) is 7.56. The monoisotopic (exact) mass is 377 g/mol. The quantitative estimate of drug-likeness (QED) is 0.792. The molecule has 0 saturated carbocycles. The molecule has 0 aliphatic carbocycles. The van der Waals surface area contributed by atoms with Crippen molar-refractivity contribution in [2.24, 2.45) is 5.92 Å². The van der Waals surface area contributed by atoms with E-state index in [4.69, 9.17) is 9.05 Å². The Hall–Kier alpha value is -0.760. The van der Waals surface area contributed by atoms with E-state index in [0.717, 1.165) is 0 Å². The number of hydrogen-bond donors (Lipinski definition) is 1. The van der Waals surface area contributed by atoms with E-state index in [0.29, 0.717) is 0 Å². The molecule has 1 aliphatic heterocycles. The highest BCUT2D eigenvalue weighted by Gasteiger charge is 2.57. The Balaban J connectivity index is 2.37. The minimum atomic E-state index is -3.78. The van der Waals surface area contributed by atoms with Crippen molar-refractivity contribution in [2.45, 2.75) is 36.5 Å². The first-order valence-corrected chi connectivity index (χ1v) is 10.6. The summed E-state index contributed by atoms with van der Waals surface area (Å²) in [7, 11) is -5.05. The number of rotatable bonds is 5. The number of aliphatic hydroxyl groups is 1. The molecule has 1 N–H and O–H groups in total. The van der Waals surface area contributed by atoms with Crippen molar-refractivity contribution in [1.82, 2.24) is 4.31 Å². The molecule has 1 fully saturated rings. The number of benzene rings is 1. The van der Waals surface area contributed by atoms with Crippen LogP contribution in [0.4, 0.5) is 0 Å². The molecule has 1 aromatic rings. The Morgan fingerprint density at radius 1 is 1.21 bits per heavy atom. The van der Waals surface area contributed by atoms with Crippen LogP contribution in [-0.4, -0.2) is 50.0 Å². The van der Waals surface area contributed by atoms with Crippen LogP contribution in [0.5, 0.6) is 0 Å². The van der Waals surface area contributed by atoms with Gasteiger partial charge in [0.25, 0.3) is 0 Å². The van der Waals surface area contributed by atoms with Crippen molar-refractivity contribution >= 4 is 17.6 Å². The van der Waals surface area contributed by atoms with E-state index in [1.54, 1.807) is 32.0 Å². The number of nitrogens with zero attached hydrogens (tertiary/aromatic N) is 1. The first-order chi connectivity index (χ1) is 11.1. The first-order valence-electron chi connectivity index (χ1n) is 7.63. The van der Waals surface area contributed by atoms with Gasteiger partial charge < -0.3 is 14.2 Å². The topological polar surface area (TPSA) is 93.1 Å². The van der Waals surface area contributed by atoms with Gasteiger partial charge >= 0.3 is 7.60 Å². The Labute approximate surface area is 143 Å². The van der Waals surface area contributed by atoms with Crippen LogP contribution in [0.2, 0.25) is 0 Å². The van der Waals surface area contributed by atoms with Gasteiger partial charge in [0, 0.05) is 39.1 Å². The van der Waals surface area contributed by atoms with Gasteiger partial charge in [-0.15, -0.1) is 0 Å². The molecule has 1 heterocycles. The van der Waals surface area contributed by atoms with E-state index in [2.05, 4.69) is 0 Å². The van der Waals surface area contributed by atoms with Gasteiger partial charge in [-0.25, -0.2) is 8.42 Å². The Morgan fingerprint density at radius 3 is 2.25 bits per heavy atom. The molecule has 24 heavy (non-hydrogen) atoms. The molecule has 0 unspecified atom stereocenters. The SMILES string of the molecule is COP(=O)(OC)[C@@]1(O)C[C@@H](C)N(S(=O)(=O)c2ccccc2)C[C@@H]1C. The van der Waals surface area contributed by atoms with Gasteiger partial charge in [0.1, 0.15) is 0 Å². The van der Waals surface area contributed by atoms with Gasteiger partial charge in [-0.2, -0.15) is 4.31 Å². The molecule has 1 saturated heterocycles. The molecule has 2 rings (SSSR count). The van der Waals surface area contributed by atoms with Gasteiger partial charge in [0.15, 0.2) is 5.34 Å². The summed E-state index contributed by atoms with van der Waals surface area (Å²) in [6.07, 6.45) is -0.0425. The molecule has 1 aliphatic rings. The fourth-order valence-electron chi connectivity index (χ4n) is 3.17. The summed E-state index contributed by atoms with van der Waals surface area (Å²) in [5.41, 5.74) is 0. The molecule has 136 valence electrons.